The Balaban J connectivity index is 2.21. The van der Waals surface area contributed by atoms with Crippen molar-refractivity contribution in [3.8, 4) is 6.07 Å². The molecule has 8 heteroatoms. The number of esters is 1. The zero-order valence-corrected chi connectivity index (χ0v) is 15.6. The Morgan fingerprint density at radius 3 is 2.62 bits per heavy atom. The van der Waals surface area contributed by atoms with Crippen molar-refractivity contribution in [3.63, 3.8) is 0 Å². The minimum atomic E-state index is -4.12. The molecule has 0 saturated carbocycles. The van der Waals surface area contributed by atoms with Crippen molar-refractivity contribution in [1.29, 1.82) is 5.26 Å². The quantitative estimate of drug-likeness (QED) is 0.690. The van der Waals surface area contributed by atoms with Crippen LogP contribution in [0, 0.1) is 18.3 Å². The molecule has 26 heavy (non-hydrogen) atoms. The van der Waals surface area contributed by atoms with Gasteiger partial charge in [0, 0.05) is 10.1 Å². The van der Waals surface area contributed by atoms with Crippen molar-refractivity contribution >= 4 is 43.1 Å². The number of nitrogens with zero attached hydrogens (tertiary/aromatic N) is 1. The molecule has 0 spiro atoms. The summed E-state index contributed by atoms with van der Waals surface area (Å²) in [5.41, 5.74) is 1.05. The Bertz CT molecular complexity index is 1160. The highest BCUT2D eigenvalue weighted by Gasteiger charge is 2.29. The highest BCUT2D eigenvalue weighted by atomic mass is 32.2. The predicted molar refractivity (Wildman–Crippen MR) is 99.9 cm³/mol. The van der Waals surface area contributed by atoms with Crippen molar-refractivity contribution in [2.45, 2.75) is 11.8 Å². The number of rotatable bonds is 4. The summed E-state index contributed by atoms with van der Waals surface area (Å²) in [5.74, 6) is -0.726. The second-order valence-corrected chi connectivity index (χ2v) is 8.13. The van der Waals surface area contributed by atoms with Gasteiger partial charge in [0.2, 0.25) is 0 Å². The molecule has 0 atom stereocenters. The molecule has 132 valence electrons. The van der Waals surface area contributed by atoms with Crippen LogP contribution in [0.4, 0.5) is 5.69 Å². The van der Waals surface area contributed by atoms with E-state index in [0.29, 0.717) is 15.6 Å². The lowest BCUT2D eigenvalue weighted by atomic mass is 10.1. The van der Waals surface area contributed by atoms with Crippen LogP contribution in [0.2, 0.25) is 0 Å². The molecule has 3 aromatic rings. The Hall–Kier alpha value is -2.89. The molecule has 1 N–H and O–H groups in total. The molecular formula is C18H14N2O4S2. The number of sulfonamides is 1. The van der Waals surface area contributed by atoms with E-state index < -0.39 is 16.0 Å². The summed E-state index contributed by atoms with van der Waals surface area (Å²) in [4.78, 5) is 12.0. The maximum absolute atomic E-state index is 13.1. The Kier molecular flexibility index (Phi) is 4.68. The molecule has 6 nitrogen and oxygen atoms in total. The molecule has 0 aliphatic rings. The zero-order chi connectivity index (χ0) is 18.9. The van der Waals surface area contributed by atoms with Gasteiger partial charge in [0.15, 0.2) is 0 Å². The van der Waals surface area contributed by atoms with E-state index in [0.717, 1.165) is 11.3 Å². The third-order valence-corrected chi connectivity index (χ3v) is 6.55. The van der Waals surface area contributed by atoms with E-state index in [-0.39, 0.29) is 21.0 Å². The molecule has 0 unspecified atom stereocenters. The Labute approximate surface area is 154 Å². The minimum Gasteiger partial charge on any atom is -0.465 e. The highest BCUT2D eigenvalue weighted by molar-refractivity contribution is 7.93. The van der Waals surface area contributed by atoms with Crippen LogP contribution in [0.3, 0.4) is 0 Å². The van der Waals surface area contributed by atoms with Crippen LogP contribution < -0.4 is 4.72 Å². The van der Waals surface area contributed by atoms with Gasteiger partial charge in [-0.15, -0.1) is 11.3 Å². The second-order valence-electron chi connectivity index (χ2n) is 5.46. The summed E-state index contributed by atoms with van der Waals surface area (Å²) in [7, 11) is -2.92. The van der Waals surface area contributed by atoms with Gasteiger partial charge in [0.1, 0.15) is 15.8 Å². The van der Waals surface area contributed by atoms with Gasteiger partial charge in [-0.1, -0.05) is 30.3 Å². The summed E-state index contributed by atoms with van der Waals surface area (Å²) in [6.07, 6.45) is 0. The number of nitriles is 1. The van der Waals surface area contributed by atoms with Crippen LogP contribution >= 0.6 is 11.3 Å². The van der Waals surface area contributed by atoms with Gasteiger partial charge in [-0.3, -0.25) is 4.72 Å². The smallest absolute Gasteiger partial charge is 0.349 e. The summed E-state index contributed by atoms with van der Waals surface area (Å²) >= 11 is 1.05. The Morgan fingerprint density at radius 1 is 1.19 bits per heavy atom. The first-order chi connectivity index (χ1) is 12.4. The summed E-state index contributed by atoms with van der Waals surface area (Å²) in [5, 5.41) is 9.75. The number of nitrogens with one attached hydrogen (secondary N) is 1. The van der Waals surface area contributed by atoms with E-state index in [9.17, 15) is 18.5 Å². The number of hydrogen-bond acceptors (Lipinski definition) is 6. The molecule has 3 rings (SSSR count). The number of anilines is 1. The van der Waals surface area contributed by atoms with Crippen molar-refractivity contribution in [3.05, 3.63) is 58.5 Å². The van der Waals surface area contributed by atoms with Gasteiger partial charge >= 0.3 is 5.97 Å². The van der Waals surface area contributed by atoms with Gasteiger partial charge in [-0.25, -0.2) is 13.2 Å². The van der Waals surface area contributed by atoms with E-state index in [4.69, 9.17) is 4.74 Å². The number of ether oxygens (including phenoxy) is 1. The standard InChI is InChI=1S/C18H14N2O4S2/c1-11-6-5-8-14(13(11)10-19)20-26(22,23)17-12-7-3-4-9-15(12)25-16(17)18(21)24-2/h3-9,20H,1-2H3. The summed E-state index contributed by atoms with van der Waals surface area (Å²) in [6.45, 7) is 1.72. The van der Waals surface area contributed by atoms with E-state index >= 15 is 0 Å². The molecule has 0 saturated heterocycles. The van der Waals surface area contributed by atoms with Crippen LogP contribution in [0.25, 0.3) is 10.1 Å². The largest absolute Gasteiger partial charge is 0.465 e. The number of aryl methyl sites for hydroxylation is 1. The number of carbonyl (C=O) groups is 1. The molecule has 1 aromatic heterocycles. The topological polar surface area (TPSA) is 96.3 Å². The lowest BCUT2D eigenvalue weighted by molar-refractivity contribution is 0.0602. The zero-order valence-electron chi connectivity index (χ0n) is 13.9. The average molecular weight is 386 g/mol. The van der Waals surface area contributed by atoms with Crippen LogP contribution in [0.15, 0.2) is 47.4 Å². The van der Waals surface area contributed by atoms with E-state index in [2.05, 4.69) is 4.72 Å². The normalized spacial score (nSPS) is 11.1. The maximum Gasteiger partial charge on any atom is 0.349 e. The first kappa shape index (κ1) is 17.9. The van der Waals surface area contributed by atoms with Gasteiger partial charge in [0.25, 0.3) is 10.0 Å². The molecular weight excluding hydrogens is 372 g/mol. The molecule has 0 aliphatic carbocycles. The fraction of sp³-hybridized carbons (Fsp3) is 0.111. The SMILES string of the molecule is COC(=O)c1sc2ccccc2c1S(=O)(=O)Nc1cccc(C)c1C#N. The van der Waals surface area contributed by atoms with E-state index in [1.165, 1.54) is 13.2 Å². The summed E-state index contributed by atoms with van der Waals surface area (Å²) in [6, 6.07) is 13.7. The first-order valence-corrected chi connectivity index (χ1v) is 9.81. The minimum absolute atomic E-state index is 0.00707. The van der Waals surface area contributed by atoms with Crippen LogP contribution in [-0.4, -0.2) is 21.5 Å². The maximum atomic E-state index is 13.1. The fourth-order valence-corrected chi connectivity index (χ4v) is 5.50. The van der Waals surface area contributed by atoms with Gasteiger partial charge in [0.05, 0.1) is 18.4 Å². The van der Waals surface area contributed by atoms with Gasteiger partial charge < -0.3 is 4.74 Å². The van der Waals surface area contributed by atoms with E-state index in [1.807, 2.05) is 6.07 Å². The lowest BCUT2D eigenvalue weighted by Crippen LogP contribution is -2.17. The average Bonchev–Trinajstić information content (AvgIpc) is 3.01. The molecule has 0 amide bonds. The van der Waals surface area contributed by atoms with Crippen LogP contribution in [0.1, 0.15) is 20.8 Å². The number of thiophene rings is 1. The molecule has 0 radical (unpaired) electrons. The number of carbonyl (C=O) groups excluding carboxylic acids is 1. The molecule has 0 fully saturated rings. The molecule has 1 heterocycles. The van der Waals surface area contributed by atoms with Gasteiger partial charge in [-0.05, 0) is 24.6 Å². The van der Waals surface area contributed by atoms with Crippen LogP contribution in [-0.2, 0) is 14.8 Å². The number of fused-ring (bicyclic) bond motifs is 1. The number of benzene rings is 2. The first-order valence-electron chi connectivity index (χ1n) is 7.51. The third kappa shape index (κ3) is 3.03. The van der Waals surface area contributed by atoms with E-state index in [1.54, 1.807) is 43.3 Å². The second kappa shape index (κ2) is 6.78. The third-order valence-electron chi connectivity index (χ3n) is 3.82. The van der Waals surface area contributed by atoms with Crippen molar-refractivity contribution in [2.24, 2.45) is 0 Å². The highest BCUT2D eigenvalue weighted by Crippen LogP contribution is 2.36. The van der Waals surface area contributed by atoms with Crippen molar-refractivity contribution in [2.75, 3.05) is 11.8 Å². The number of hydrogen-bond donors (Lipinski definition) is 1. The lowest BCUT2D eigenvalue weighted by Gasteiger charge is -2.11. The molecule has 0 bridgehead atoms. The fourth-order valence-electron chi connectivity index (χ4n) is 2.61. The van der Waals surface area contributed by atoms with Gasteiger partial charge in [-0.2, -0.15) is 5.26 Å². The molecule has 2 aromatic carbocycles. The summed E-state index contributed by atoms with van der Waals surface area (Å²) < 4.78 is 34.0. The van der Waals surface area contributed by atoms with Crippen molar-refractivity contribution < 1.29 is 17.9 Å². The molecule has 0 aliphatic heterocycles. The number of methoxy groups -OCH3 is 1. The predicted octanol–water partition coefficient (Wildman–Crippen LogP) is 3.67. The monoisotopic (exact) mass is 386 g/mol. The van der Waals surface area contributed by atoms with Crippen molar-refractivity contribution in [1.82, 2.24) is 0 Å². The Morgan fingerprint density at radius 2 is 1.92 bits per heavy atom. The van der Waals surface area contributed by atoms with Crippen LogP contribution in [0.5, 0.6) is 0 Å².